The maximum atomic E-state index is 12.5. The number of pyridine rings is 1. The molecule has 1 aliphatic rings. The third-order valence-corrected chi connectivity index (χ3v) is 4.59. The molecule has 1 aromatic heterocycles. The lowest BCUT2D eigenvalue weighted by Gasteiger charge is -2.30. The number of thioether (sulfide) groups is 1. The molecule has 0 aliphatic carbocycles. The predicted octanol–water partition coefficient (Wildman–Crippen LogP) is 5.04. The molecule has 128 valence electrons. The van der Waals surface area contributed by atoms with E-state index in [-0.39, 0.29) is 16.9 Å². The summed E-state index contributed by atoms with van der Waals surface area (Å²) in [7, 11) is 0. The van der Waals surface area contributed by atoms with E-state index >= 15 is 0 Å². The van der Waals surface area contributed by atoms with Crippen molar-refractivity contribution in [2.24, 2.45) is 0 Å². The summed E-state index contributed by atoms with van der Waals surface area (Å²) >= 11 is 1.75. The summed E-state index contributed by atoms with van der Waals surface area (Å²) in [5, 5.41) is 1.01. The number of aromatic nitrogens is 1. The van der Waals surface area contributed by atoms with Gasteiger partial charge in [-0.05, 0) is 39.7 Å². The molecule has 0 N–H and O–H groups in total. The third kappa shape index (κ3) is 5.13. The van der Waals surface area contributed by atoms with Gasteiger partial charge in [-0.1, -0.05) is 26.8 Å². The highest BCUT2D eigenvalue weighted by Crippen LogP contribution is 2.40. The maximum absolute atomic E-state index is 12.5. The molecule has 1 fully saturated rings. The van der Waals surface area contributed by atoms with E-state index in [0.29, 0.717) is 0 Å². The lowest BCUT2D eigenvalue weighted by molar-refractivity contribution is 0.0222. The maximum Gasteiger partial charge on any atom is 0.410 e. The minimum Gasteiger partial charge on any atom is -0.444 e. The molecular formula is C18H28N2O2S. The third-order valence-electron chi connectivity index (χ3n) is 3.44. The second-order valence-corrected chi connectivity index (χ2v) is 9.76. The highest BCUT2D eigenvalue weighted by molar-refractivity contribution is 8.00. The Labute approximate surface area is 144 Å². The number of carbonyl (C=O) groups excluding carboxylic acids is 1. The summed E-state index contributed by atoms with van der Waals surface area (Å²) in [4.78, 5) is 18.9. The van der Waals surface area contributed by atoms with Gasteiger partial charge in [0.25, 0.3) is 0 Å². The van der Waals surface area contributed by atoms with Crippen LogP contribution in [0.25, 0.3) is 0 Å². The monoisotopic (exact) mass is 336 g/mol. The zero-order valence-corrected chi connectivity index (χ0v) is 15.9. The first kappa shape index (κ1) is 18.1. The minimum atomic E-state index is -0.470. The first-order valence-corrected chi connectivity index (χ1v) is 9.02. The van der Waals surface area contributed by atoms with E-state index in [1.165, 1.54) is 0 Å². The molecule has 1 aliphatic heterocycles. The van der Waals surface area contributed by atoms with Crippen molar-refractivity contribution in [2.45, 2.75) is 75.8 Å². The van der Waals surface area contributed by atoms with Crippen molar-refractivity contribution in [3.8, 4) is 0 Å². The lowest BCUT2D eigenvalue weighted by Crippen LogP contribution is -2.36. The fourth-order valence-electron chi connectivity index (χ4n) is 2.66. The number of ether oxygens (including phenoxy) is 1. The molecule has 0 saturated carbocycles. The van der Waals surface area contributed by atoms with Gasteiger partial charge in [-0.15, -0.1) is 11.8 Å². The van der Waals surface area contributed by atoms with Gasteiger partial charge in [0.15, 0.2) is 0 Å². The van der Waals surface area contributed by atoms with Gasteiger partial charge in [-0.3, -0.25) is 0 Å². The summed E-state index contributed by atoms with van der Waals surface area (Å²) in [6.45, 7) is 13.0. The molecular weight excluding hydrogens is 308 g/mol. The van der Waals surface area contributed by atoms with Gasteiger partial charge < -0.3 is 9.64 Å². The van der Waals surface area contributed by atoms with E-state index in [1.807, 2.05) is 37.9 Å². The number of nitrogens with zero attached hydrogens (tertiary/aromatic N) is 2. The number of carbonyl (C=O) groups is 1. The Morgan fingerprint density at radius 2 is 2.00 bits per heavy atom. The van der Waals surface area contributed by atoms with E-state index in [4.69, 9.17) is 4.74 Å². The Hall–Kier alpha value is -1.23. The first-order valence-electron chi connectivity index (χ1n) is 8.20. The van der Waals surface area contributed by atoms with E-state index in [2.05, 4.69) is 31.8 Å². The highest BCUT2D eigenvalue weighted by atomic mass is 32.2. The van der Waals surface area contributed by atoms with Crippen LogP contribution >= 0.6 is 11.8 Å². The molecule has 1 amide bonds. The van der Waals surface area contributed by atoms with E-state index in [1.54, 1.807) is 11.8 Å². The molecule has 0 radical (unpaired) electrons. The zero-order chi connectivity index (χ0) is 17.3. The van der Waals surface area contributed by atoms with Crippen LogP contribution in [0, 0.1) is 0 Å². The van der Waals surface area contributed by atoms with Crippen LogP contribution in [0.15, 0.2) is 23.4 Å². The Kier molecular flexibility index (Phi) is 5.29. The van der Waals surface area contributed by atoms with Crippen molar-refractivity contribution < 1.29 is 9.53 Å². The zero-order valence-electron chi connectivity index (χ0n) is 15.0. The fraction of sp³-hybridized carbons (Fsp3) is 0.667. The number of hydrogen-bond donors (Lipinski definition) is 0. The Morgan fingerprint density at radius 3 is 2.61 bits per heavy atom. The molecule has 1 aromatic rings. The molecule has 1 unspecified atom stereocenters. The number of rotatable bonds is 2. The number of hydrogen-bond acceptors (Lipinski definition) is 4. The summed E-state index contributed by atoms with van der Waals surface area (Å²) in [6, 6.07) is 4.10. The summed E-state index contributed by atoms with van der Waals surface area (Å²) in [5.41, 5.74) is 0.665. The van der Waals surface area contributed by atoms with E-state index in [0.717, 1.165) is 30.0 Å². The molecule has 5 heteroatoms. The lowest BCUT2D eigenvalue weighted by atomic mass is 10.1. The number of amides is 1. The van der Waals surface area contributed by atoms with Gasteiger partial charge in [0.05, 0.1) is 6.04 Å². The van der Waals surface area contributed by atoms with Crippen LogP contribution < -0.4 is 0 Å². The average Bonchev–Trinajstić information content (AvgIpc) is 2.84. The van der Waals surface area contributed by atoms with Crippen LogP contribution in [0.5, 0.6) is 0 Å². The summed E-state index contributed by atoms with van der Waals surface area (Å²) < 4.78 is 5.66. The SMILES string of the molecule is CC(C)(C)OC(=O)N1CCCC1c1cccnc1SC(C)(C)C. The number of likely N-dealkylation sites (tertiary alicyclic amines) is 1. The molecule has 0 aromatic carbocycles. The molecule has 0 bridgehead atoms. The fourth-order valence-corrected chi connectivity index (χ4v) is 3.68. The van der Waals surface area contributed by atoms with Crippen molar-refractivity contribution in [3.05, 3.63) is 23.9 Å². The standard InChI is InChI=1S/C18H28N2O2S/c1-17(2,3)22-16(21)20-12-8-10-14(20)13-9-7-11-19-15(13)23-18(4,5)6/h7,9,11,14H,8,10,12H2,1-6H3. The summed E-state index contributed by atoms with van der Waals surface area (Å²) in [6.07, 6.45) is 3.56. The second kappa shape index (κ2) is 6.71. The molecule has 0 spiro atoms. The van der Waals surface area contributed by atoms with Crippen molar-refractivity contribution in [1.29, 1.82) is 0 Å². The topological polar surface area (TPSA) is 42.4 Å². The molecule has 1 atom stereocenters. The highest BCUT2D eigenvalue weighted by Gasteiger charge is 2.35. The van der Waals surface area contributed by atoms with Crippen LogP contribution in [0.3, 0.4) is 0 Å². The molecule has 1 saturated heterocycles. The van der Waals surface area contributed by atoms with Gasteiger partial charge in [0.2, 0.25) is 0 Å². The first-order chi connectivity index (χ1) is 10.6. The van der Waals surface area contributed by atoms with Crippen molar-refractivity contribution in [1.82, 2.24) is 9.88 Å². The Bertz CT molecular complexity index is 561. The van der Waals surface area contributed by atoms with Crippen molar-refractivity contribution >= 4 is 17.9 Å². The second-order valence-electron chi connectivity index (χ2n) is 7.94. The van der Waals surface area contributed by atoms with Crippen LogP contribution in [0.1, 0.15) is 66.0 Å². The molecule has 2 heterocycles. The quantitative estimate of drug-likeness (QED) is 0.709. The van der Waals surface area contributed by atoms with E-state index in [9.17, 15) is 4.79 Å². The largest absolute Gasteiger partial charge is 0.444 e. The Balaban J connectivity index is 2.25. The predicted molar refractivity (Wildman–Crippen MR) is 94.8 cm³/mol. The van der Waals surface area contributed by atoms with E-state index < -0.39 is 5.60 Å². The van der Waals surface area contributed by atoms with Gasteiger partial charge in [0.1, 0.15) is 10.6 Å². The van der Waals surface area contributed by atoms with Crippen LogP contribution in [-0.2, 0) is 4.74 Å². The summed E-state index contributed by atoms with van der Waals surface area (Å²) in [5.74, 6) is 0. The van der Waals surface area contributed by atoms with Gasteiger partial charge >= 0.3 is 6.09 Å². The molecule has 2 rings (SSSR count). The van der Waals surface area contributed by atoms with Gasteiger partial charge in [-0.25, -0.2) is 9.78 Å². The molecule has 4 nitrogen and oxygen atoms in total. The smallest absolute Gasteiger partial charge is 0.410 e. The molecule has 23 heavy (non-hydrogen) atoms. The average molecular weight is 337 g/mol. The van der Waals surface area contributed by atoms with Crippen LogP contribution in [0.2, 0.25) is 0 Å². The van der Waals surface area contributed by atoms with Crippen molar-refractivity contribution in [2.75, 3.05) is 6.54 Å². The van der Waals surface area contributed by atoms with Gasteiger partial charge in [-0.2, -0.15) is 0 Å². The Morgan fingerprint density at radius 1 is 1.30 bits per heavy atom. The van der Waals surface area contributed by atoms with Crippen LogP contribution in [0.4, 0.5) is 4.79 Å². The van der Waals surface area contributed by atoms with Crippen LogP contribution in [-0.4, -0.2) is 32.9 Å². The minimum absolute atomic E-state index is 0.0587. The van der Waals surface area contributed by atoms with Gasteiger partial charge in [0, 0.05) is 23.1 Å². The normalized spacial score (nSPS) is 19.0. The van der Waals surface area contributed by atoms with Crippen molar-refractivity contribution in [3.63, 3.8) is 0 Å².